The molecule has 0 saturated heterocycles. The van der Waals surface area contributed by atoms with Crippen molar-refractivity contribution in [3.8, 4) is 0 Å². The van der Waals surface area contributed by atoms with Crippen LogP contribution < -0.4 is 5.32 Å². The predicted molar refractivity (Wildman–Crippen MR) is 43.4 cm³/mol. The number of alkyl halides is 1. The first-order chi connectivity index (χ1) is 3.89. The van der Waals surface area contributed by atoms with Gasteiger partial charge in [0.15, 0.2) is 0 Å². The lowest BCUT2D eigenvalue weighted by Gasteiger charge is -1.98. The second-order valence-electron chi connectivity index (χ2n) is 1.50. The summed E-state index contributed by atoms with van der Waals surface area (Å²) >= 11 is 2.28. The molecule has 1 atom stereocenters. The maximum absolute atomic E-state index is 4.14. The van der Waals surface area contributed by atoms with Gasteiger partial charge in [-0.15, -0.1) is 0 Å². The van der Waals surface area contributed by atoms with Gasteiger partial charge in [0, 0.05) is 12.8 Å². The van der Waals surface area contributed by atoms with Gasteiger partial charge in [0.05, 0.1) is 0 Å². The van der Waals surface area contributed by atoms with Crippen molar-refractivity contribution in [2.75, 3.05) is 6.54 Å². The smallest absolute Gasteiger partial charge is 0.118 e. The molecule has 1 N–H and O–H groups in total. The van der Waals surface area contributed by atoms with Crippen LogP contribution in [0.4, 0.5) is 0 Å². The van der Waals surface area contributed by atoms with E-state index in [1.165, 1.54) is 0 Å². The molecule has 0 aromatic rings. The SMILES string of the molecule is IC1CNC=CC=N1. The second-order valence-corrected chi connectivity index (χ2v) is 2.94. The number of hydrogen-bond donors (Lipinski definition) is 1. The Morgan fingerprint density at radius 1 is 1.75 bits per heavy atom. The Hall–Kier alpha value is -0.0600. The molecular weight excluding hydrogens is 215 g/mol. The fourth-order valence-corrected chi connectivity index (χ4v) is 0.912. The molecule has 0 bridgehead atoms. The Labute approximate surface area is 62.2 Å². The number of nitrogens with zero attached hydrogens (tertiary/aromatic N) is 1. The first kappa shape index (κ1) is 6.07. The normalized spacial score (nSPS) is 26.9. The van der Waals surface area contributed by atoms with E-state index in [0.717, 1.165) is 6.54 Å². The zero-order valence-electron chi connectivity index (χ0n) is 4.34. The molecule has 0 amide bonds. The van der Waals surface area contributed by atoms with Crippen molar-refractivity contribution in [1.82, 2.24) is 5.32 Å². The van der Waals surface area contributed by atoms with E-state index in [9.17, 15) is 0 Å². The Morgan fingerprint density at radius 2 is 2.62 bits per heavy atom. The number of rotatable bonds is 0. The third kappa shape index (κ3) is 1.81. The maximum atomic E-state index is 4.14. The summed E-state index contributed by atoms with van der Waals surface area (Å²) in [5.74, 6) is 0. The monoisotopic (exact) mass is 222 g/mol. The second kappa shape index (κ2) is 3.06. The molecule has 8 heavy (non-hydrogen) atoms. The molecule has 1 rings (SSSR count). The van der Waals surface area contributed by atoms with Crippen LogP contribution in [0.2, 0.25) is 0 Å². The Bertz CT molecular complexity index is 120. The van der Waals surface area contributed by atoms with Crippen molar-refractivity contribution in [3.05, 3.63) is 12.3 Å². The van der Waals surface area contributed by atoms with Crippen LogP contribution in [-0.2, 0) is 0 Å². The van der Waals surface area contributed by atoms with Crippen LogP contribution in [-0.4, -0.2) is 16.8 Å². The van der Waals surface area contributed by atoms with E-state index in [1.807, 2.05) is 18.5 Å². The molecule has 0 aliphatic carbocycles. The van der Waals surface area contributed by atoms with E-state index in [0.29, 0.717) is 4.05 Å². The third-order valence-electron chi connectivity index (χ3n) is 0.834. The van der Waals surface area contributed by atoms with Crippen LogP contribution in [0.1, 0.15) is 0 Å². The van der Waals surface area contributed by atoms with Gasteiger partial charge in [0.1, 0.15) is 4.05 Å². The maximum Gasteiger partial charge on any atom is 0.118 e. The molecule has 1 aliphatic heterocycles. The average molecular weight is 222 g/mol. The van der Waals surface area contributed by atoms with Gasteiger partial charge >= 0.3 is 0 Å². The largest absolute Gasteiger partial charge is 0.388 e. The fraction of sp³-hybridized carbons (Fsp3) is 0.400. The summed E-state index contributed by atoms with van der Waals surface area (Å²) in [5.41, 5.74) is 0. The van der Waals surface area contributed by atoms with Crippen LogP contribution in [0.15, 0.2) is 17.3 Å². The van der Waals surface area contributed by atoms with E-state index in [2.05, 4.69) is 32.9 Å². The number of hydrogen-bond acceptors (Lipinski definition) is 2. The molecule has 1 aliphatic rings. The molecule has 1 heterocycles. The standard InChI is InChI=1S/C5H7IN2/c6-5-4-7-2-1-3-8-5/h1-3,5,7H,4H2. The van der Waals surface area contributed by atoms with Gasteiger partial charge in [0.25, 0.3) is 0 Å². The number of allylic oxidation sites excluding steroid dienone is 1. The molecule has 0 aromatic heterocycles. The van der Waals surface area contributed by atoms with Crippen molar-refractivity contribution >= 4 is 28.8 Å². The van der Waals surface area contributed by atoms with Gasteiger partial charge in [-0.05, 0) is 12.3 Å². The summed E-state index contributed by atoms with van der Waals surface area (Å²) in [6.07, 6.45) is 5.62. The summed E-state index contributed by atoms with van der Waals surface area (Å²) in [5, 5.41) is 3.08. The van der Waals surface area contributed by atoms with Crippen LogP contribution in [0.5, 0.6) is 0 Å². The van der Waals surface area contributed by atoms with E-state index in [1.54, 1.807) is 0 Å². The molecule has 0 fully saturated rings. The molecule has 1 unspecified atom stereocenters. The van der Waals surface area contributed by atoms with Gasteiger partial charge in [0.2, 0.25) is 0 Å². The Balaban J connectivity index is 2.46. The van der Waals surface area contributed by atoms with Crippen molar-refractivity contribution in [2.24, 2.45) is 4.99 Å². The first-order valence-electron chi connectivity index (χ1n) is 2.45. The minimum Gasteiger partial charge on any atom is -0.388 e. The number of nitrogens with one attached hydrogen (secondary N) is 1. The minimum absolute atomic E-state index is 0.391. The zero-order valence-corrected chi connectivity index (χ0v) is 6.50. The van der Waals surface area contributed by atoms with Crippen LogP contribution >= 0.6 is 22.6 Å². The third-order valence-corrected chi connectivity index (χ3v) is 1.60. The summed E-state index contributed by atoms with van der Waals surface area (Å²) < 4.78 is 0.391. The van der Waals surface area contributed by atoms with E-state index in [-0.39, 0.29) is 0 Å². The van der Waals surface area contributed by atoms with E-state index in [4.69, 9.17) is 0 Å². The zero-order chi connectivity index (χ0) is 5.82. The lowest BCUT2D eigenvalue weighted by molar-refractivity contribution is 0.833. The summed E-state index contributed by atoms with van der Waals surface area (Å²) in [6.45, 7) is 0.938. The minimum atomic E-state index is 0.391. The highest BCUT2D eigenvalue weighted by atomic mass is 127. The van der Waals surface area contributed by atoms with Crippen LogP contribution in [0, 0.1) is 0 Å². The number of aliphatic imine (C=N–C) groups is 1. The van der Waals surface area contributed by atoms with Crippen LogP contribution in [0.25, 0.3) is 0 Å². The van der Waals surface area contributed by atoms with Crippen molar-refractivity contribution < 1.29 is 0 Å². The molecule has 0 spiro atoms. The molecule has 0 saturated carbocycles. The fourth-order valence-electron chi connectivity index (χ4n) is 0.472. The van der Waals surface area contributed by atoms with Gasteiger partial charge in [-0.3, -0.25) is 4.99 Å². The van der Waals surface area contributed by atoms with Gasteiger partial charge in [-0.25, -0.2) is 0 Å². The first-order valence-corrected chi connectivity index (χ1v) is 3.70. The quantitative estimate of drug-likeness (QED) is 0.368. The lowest BCUT2D eigenvalue weighted by Crippen LogP contribution is -2.13. The molecule has 44 valence electrons. The molecule has 0 radical (unpaired) electrons. The highest BCUT2D eigenvalue weighted by Gasteiger charge is 1.96. The average Bonchev–Trinajstić information content (AvgIpc) is 1.94. The van der Waals surface area contributed by atoms with E-state index < -0.39 is 0 Å². The topological polar surface area (TPSA) is 24.4 Å². The van der Waals surface area contributed by atoms with Gasteiger partial charge in [-0.1, -0.05) is 22.6 Å². The summed E-state index contributed by atoms with van der Waals surface area (Å²) in [7, 11) is 0. The number of halogens is 1. The summed E-state index contributed by atoms with van der Waals surface area (Å²) in [6, 6.07) is 0. The van der Waals surface area contributed by atoms with Crippen molar-refractivity contribution in [3.63, 3.8) is 0 Å². The lowest BCUT2D eigenvalue weighted by atomic mass is 10.6. The Morgan fingerprint density at radius 3 is 3.50 bits per heavy atom. The molecule has 0 aromatic carbocycles. The van der Waals surface area contributed by atoms with Crippen molar-refractivity contribution in [2.45, 2.75) is 4.05 Å². The highest BCUT2D eigenvalue weighted by molar-refractivity contribution is 14.1. The molecule has 3 heteroatoms. The molecule has 2 nitrogen and oxygen atoms in total. The Kier molecular flexibility index (Phi) is 2.32. The van der Waals surface area contributed by atoms with E-state index >= 15 is 0 Å². The van der Waals surface area contributed by atoms with Gasteiger partial charge in [-0.2, -0.15) is 0 Å². The van der Waals surface area contributed by atoms with Crippen molar-refractivity contribution in [1.29, 1.82) is 0 Å². The summed E-state index contributed by atoms with van der Waals surface area (Å²) in [4.78, 5) is 4.14. The molecular formula is C5H7IN2. The van der Waals surface area contributed by atoms with Crippen LogP contribution in [0.3, 0.4) is 0 Å². The predicted octanol–water partition coefficient (Wildman–Crippen LogP) is 0.935. The van der Waals surface area contributed by atoms with Gasteiger partial charge < -0.3 is 5.32 Å². The highest BCUT2D eigenvalue weighted by Crippen LogP contribution is 2.00.